The number of aromatic nitrogens is 2. The average Bonchev–Trinajstić information content (AvgIpc) is 3.44. The second kappa shape index (κ2) is 7.88. The van der Waals surface area contributed by atoms with Crippen LogP contribution in [0, 0.1) is 17.2 Å². The van der Waals surface area contributed by atoms with Crippen LogP contribution in [0.1, 0.15) is 19.8 Å². The van der Waals surface area contributed by atoms with E-state index >= 15 is 0 Å². The fraction of sp³-hybridized carbons (Fsp3) is 0.444. The summed E-state index contributed by atoms with van der Waals surface area (Å²) in [4.78, 5) is 12.2. The number of nitrogens with one attached hydrogen (secondary N) is 1. The molecule has 1 aromatic carbocycles. The van der Waals surface area contributed by atoms with E-state index in [0.29, 0.717) is 23.0 Å². The molecule has 0 spiro atoms. The Morgan fingerprint density at radius 2 is 2.00 bits per heavy atom. The number of ether oxygens (including phenoxy) is 2. The highest BCUT2D eigenvalue weighted by atomic mass is 32.2. The summed E-state index contributed by atoms with van der Waals surface area (Å²) in [7, 11) is 3.12. The molecule has 0 bridgehead atoms. The van der Waals surface area contributed by atoms with Gasteiger partial charge in [0.15, 0.2) is 0 Å². The minimum absolute atomic E-state index is 0.0903. The molecule has 1 aliphatic rings. The van der Waals surface area contributed by atoms with Gasteiger partial charge in [0, 0.05) is 11.6 Å². The molecule has 1 fully saturated rings. The molecule has 142 valence electrons. The van der Waals surface area contributed by atoms with E-state index in [1.807, 2.05) is 0 Å². The monoisotopic (exact) mass is 388 g/mol. The van der Waals surface area contributed by atoms with Gasteiger partial charge in [-0.2, -0.15) is 5.26 Å². The fourth-order valence-electron chi connectivity index (χ4n) is 2.65. The maximum absolute atomic E-state index is 12.2. The van der Waals surface area contributed by atoms with Crippen LogP contribution in [0.2, 0.25) is 0 Å². The first-order valence-electron chi connectivity index (χ1n) is 8.39. The Labute approximate surface area is 161 Å². The predicted octanol–water partition coefficient (Wildman–Crippen LogP) is 2.65. The lowest BCUT2D eigenvalue weighted by Crippen LogP contribution is -2.47. The van der Waals surface area contributed by atoms with Gasteiger partial charge < -0.3 is 19.2 Å². The van der Waals surface area contributed by atoms with Gasteiger partial charge in [0.1, 0.15) is 17.0 Å². The van der Waals surface area contributed by atoms with Crippen LogP contribution in [0.15, 0.2) is 27.8 Å². The van der Waals surface area contributed by atoms with E-state index in [-0.39, 0.29) is 22.8 Å². The molecule has 9 heteroatoms. The minimum Gasteiger partial charge on any atom is -0.497 e. The van der Waals surface area contributed by atoms with E-state index in [0.717, 1.165) is 24.6 Å². The third-order valence-electron chi connectivity index (χ3n) is 4.36. The van der Waals surface area contributed by atoms with Gasteiger partial charge in [-0.15, -0.1) is 10.2 Å². The van der Waals surface area contributed by atoms with Crippen LogP contribution in [-0.4, -0.2) is 41.6 Å². The lowest BCUT2D eigenvalue weighted by Gasteiger charge is -2.22. The van der Waals surface area contributed by atoms with Crippen molar-refractivity contribution in [1.29, 1.82) is 5.26 Å². The van der Waals surface area contributed by atoms with Crippen LogP contribution in [0.4, 0.5) is 0 Å². The summed E-state index contributed by atoms with van der Waals surface area (Å²) >= 11 is 1.12. The Hall–Kier alpha value is -2.73. The molecule has 1 amide bonds. The molecule has 2 aromatic rings. The minimum atomic E-state index is -0.811. The summed E-state index contributed by atoms with van der Waals surface area (Å²) in [6.07, 6.45) is 1.93. The van der Waals surface area contributed by atoms with Crippen LogP contribution in [0.3, 0.4) is 0 Å². The van der Waals surface area contributed by atoms with Crippen molar-refractivity contribution in [2.45, 2.75) is 30.5 Å². The van der Waals surface area contributed by atoms with Gasteiger partial charge in [-0.25, -0.2) is 0 Å². The Morgan fingerprint density at radius 3 is 2.56 bits per heavy atom. The summed E-state index contributed by atoms with van der Waals surface area (Å²) in [5, 5.41) is 20.4. The number of rotatable bonds is 8. The molecular formula is C18H20N4O4S. The second-order valence-electron chi connectivity index (χ2n) is 6.40. The van der Waals surface area contributed by atoms with Crippen molar-refractivity contribution >= 4 is 17.7 Å². The topological polar surface area (TPSA) is 110 Å². The van der Waals surface area contributed by atoms with Crippen LogP contribution in [0.25, 0.3) is 11.5 Å². The average molecular weight is 388 g/mol. The number of benzene rings is 1. The van der Waals surface area contributed by atoms with E-state index in [2.05, 4.69) is 21.6 Å². The van der Waals surface area contributed by atoms with E-state index in [9.17, 15) is 10.1 Å². The van der Waals surface area contributed by atoms with E-state index in [1.165, 1.54) is 0 Å². The van der Waals surface area contributed by atoms with Crippen molar-refractivity contribution in [1.82, 2.24) is 15.5 Å². The third-order valence-corrected chi connectivity index (χ3v) is 5.18. The molecule has 1 atom stereocenters. The zero-order chi connectivity index (χ0) is 19.4. The standard InChI is InChI=1S/C18H20N4O4S/c1-18(10-19,12-4-5-12)20-15(23)9-27-17-22-21-16(26-17)11-6-13(24-2)8-14(7-11)25-3/h6-8,12H,4-5,9H2,1-3H3,(H,20,23). The van der Waals surface area contributed by atoms with Crippen LogP contribution < -0.4 is 14.8 Å². The molecule has 1 heterocycles. The molecule has 1 saturated carbocycles. The number of hydrogen-bond donors (Lipinski definition) is 1. The number of amides is 1. The van der Waals surface area contributed by atoms with E-state index in [4.69, 9.17) is 13.9 Å². The first kappa shape index (κ1) is 19.0. The number of carbonyl (C=O) groups is 1. The van der Waals surface area contributed by atoms with Gasteiger partial charge in [-0.3, -0.25) is 4.79 Å². The van der Waals surface area contributed by atoms with E-state index in [1.54, 1.807) is 39.3 Å². The lowest BCUT2D eigenvalue weighted by molar-refractivity contribution is -0.119. The molecule has 0 radical (unpaired) electrons. The Bertz CT molecular complexity index is 852. The van der Waals surface area contributed by atoms with Gasteiger partial charge in [0.2, 0.25) is 11.8 Å². The van der Waals surface area contributed by atoms with Crippen LogP contribution in [-0.2, 0) is 4.79 Å². The summed E-state index contributed by atoms with van der Waals surface area (Å²) in [5.74, 6) is 1.59. The fourth-order valence-corrected chi connectivity index (χ4v) is 3.21. The highest BCUT2D eigenvalue weighted by Crippen LogP contribution is 2.39. The van der Waals surface area contributed by atoms with Crippen molar-refractivity contribution in [3.63, 3.8) is 0 Å². The zero-order valence-electron chi connectivity index (χ0n) is 15.3. The number of nitriles is 1. The molecule has 1 unspecified atom stereocenters. The summed E-state index contributed by atoms with van der Waals surface area (Å²) in [5.41, 5.74) is -0.157. The van der Waals surface area contributed by atoms with E-state index < -0.39 is 5.54 Å². The number of nitrogens with zero attached hydrogens (tertiary/aromatic N) is 3. The lowest BCUT2D eigenvalue weighted by atomic mass is 9.98. The van der Waals surface area contributed by atoms with Gasteiger partial charge >= 0.3 is 0 Å². The maximum Gasteiger partial charge on any atom is 0.277 e. The van der Waals surface area contributed by atoms with Gasteiger partial charge in [-0.1, -0.05) is 11.8 Å². The number of hydrogen-bond acceptors (Lipinski definition) is 8. The molecule has 1 N–H and O–H groups in total. The predicted molar refractivity (Wildman–Crippen MR) is 98.4 cm³/mol. The quantitative estimate of drug-likeness (QED) is 0.687. The van der Waals surface area contributed by atoms with Crippen molar-refractivity contribution in [2.75, 3.05) is 20.0 Å². The number of carbonyl (C=O) groups excluding carboxylic acids is 1. The highest BCUT2D eigenvalue weighted by molar-refractivity contribution is 7.99. The molecule has 27 heavy (non-hydrogen) atoms. The summed E-state index contributed by atoms with van der Waals surface area (Å²) in [6.45, 7) is 1.76. The third kappa shape index (κ3) is 4.52. The van der Waals surface area contributed by atoms with Crippen molar-refractivity contribution in [3.8, 4) is 29.0 Å². The summed E-state index contributed by atoms with van der Waals surface area (Å²) in [6, 6.07) is 7.45. The maximum atomic E-state index is 12.2. The van der Waals surface area contributed by atoms with Gasteiger partial charge in [0.25, 0.3) is 5.22 Å². The largest absolute Gasteiger partial charge is 0.497 e. The Kier molecular flexibility index (Phi) is 5.56. The Balaban J connectivity index is 1.63. The van der Waals surface area contributed by atoms with Crippen LogP contribution in [0.5, 0.6) is 11.5 Å². The SMILES string of the molecule is COc1cc(OC)cc(-c2nnc(SCC(=O)NC(C)(C#N)C3CC3)o2)c1. The molecular weight excluding hydrogens is 368 g/mol. The van der Waals surface area contributed by atoms with Crippen molar-refractivity contribution < 1.29 is 18.7 Å². The van der Waals surface area contributed by atoms with Crippen molar-refractivity contribution in [3.05, 3.63) is 18.2 Å². The molecule has 0 saturated heterocycles. The second-order valence-corrected chi connectivity index (χ2v) is 7.33. The van der Waals surface area contributed by atoms with Crippen molar-refractivity contribution in [2.24, 2.45) is 5.92 Å². The molecule has 8 nitrogen and oxygen atoms in total. The summed E-state index contributed by atoms with van der Waals surface area (Å²) < 4.78 is 16.1. The molecule has 1 aromatic heterocycles. The van der Waals surface area contributed by atoms with Gasteiger partial charge in [0.05, 0.1) is 26.0 Å². The molecule has 0 aliphatic heterocycles. The van der Waals surface area contributed by atoms with Crippen LogP contribution >= 0.6 is 11.8 Å². The normalized spacial score (nSPS) is 15.5. The number of methoxy groups -OCH3 is 2. The molecule has 1 aliphatic carbocycles. The number of thioether (sulfide) groups is 1. The van der Waals surface area contributed by atoms with Gasteiger partial charge in [-0.05, 0) is 37.8 Å². The smallest absolute Gasteiger partial charge is 0.277 e. The first-order valence-corrected chi connectivity index (χ1v) is 9.38. The Morgan fingerprint density at radius 1 is 1.33 bits per heavy atom. The highest BCUT2D eigenvalue weighted by Gasteiger charge is 2.42. The first-order chi connectivity index (χ1) is 13.0. The zero-order valence-corrected chi connectivity index (χ0v) is 16.1. The molecule has 3 rings (SSSR count).